The monoisotopic (exact) mass is 356 g/mol. The van der Waals surface area contributed by atoms with E-state index in [-0.39, 0.29) is 5.56 Å². The van der Waals surface area contributed by atoms with E-state index in [2.05, 4.69) is 32.9 Å². The smallest absolute Gasteiger partial charge is 0.335 e. The molecule has 2 atom stereocenters. The molecular weight excluding hydrogens is 328 g/mol. The predicted octanol–water partition coefficient (Wildman–Crippen LogP) is 5.48. The van der Waals surface area contributed by atoms with Crippen molar-refractivity contribution in [2.24, 2.45) is 5.92 Å². The molecule has 0 amide bonds. The van der Waals surface area contributed by atoms with Gasteiger partial charge >= 0.3 is 5.97 Å². The lowest BCUT2D eigenvalue weighted by Crippen LogP contribution is -2.16. The molecule has 2 unspecified atom stereocenters. The van der Waals surface area contributed by atoms with Crippen LogP contribution in [0.25, 0.3) is 0 Å². The first kappa shape index (κ1) is 20.0. The molecule has 0 spiro atoms. The van der Waals surface area contributed by atoms with Crippen LogP contribution in [-0.4, -0.2) is 17.4 Å². The highest BCUT2D eigenvalue weighted by molar-refractivity contribution is 5.87. The quantitative estimate of drug-likeness (QED) is 0.605. The van der Waals surface area contributed by atoms with Crippen molar-refractivity contribution in [2.45, 2.75) is 52.9 Å². The average Bonchev–Trinajstić information content (AvgIpc) is 2.60. The molecule has 0 saturated heterocycles. The second-order valence-corrected chi connectivity index (χ2v) is 7.10. The molecule has 0 aliphatic carbocycles. The van der Waals surface area contributed by atoms with Crippen LogP contribution in [0.1, 0.15) is 61.5 Å². The number of ether oxygens (including phenoxy) is 2. The van der Waals surface area contributed by atoms with Crippen LogP contribution in [0.2, 0.25) is 0 Å². The lowest BCUT2D eigenvalue weighted by Gasteiger charge is -2.17. The number of carbonyl (C=O) groups is 1. The molecule has 2 aromatic rings. The van der Waals surface area contributed by atoms with Gasteiger partial charge < -0.3 is 14.6 Å². The highest BCUT2D eigenvalue weighted by Gasteiger charge is 2.10. The van der Waals surface area contributed by atoms with Crippen molar-refractivity contribution in [3.8, 4) is 5.75 Å². The largest absolute Gasteiger partial charge is 0.478 e. The molecule has 26 heavy (non-hydrogen) atoms. The molecule has 0 fully saturated rings. The van der Waals surface area contributed by atoms with Gasteiger partial charge in [0.2, 0.25) is 0 Å². The van der Waals surface area contributed by atoms with Crippen LogP contribution in [0.15, 0.2) is 48.5 Å². The molecule has 0 radical (unpaired) electrons. The third-order valence-electron chi connectivity index (χ3n) is 4.26. The van der Waals surface area contributed by atoms with Crippen LogP contribution in [0, 0.1) is 5.92 Å². The number of carboxylic acids is 1. The highest BCUT2D eigenvalue weighted by atomic mass is 16.7. The van der Waals surface area contributed by atoms with E-state index in [0.717, 1.165) is 11.3 Å². The summed E-state index contributed by atoms with van der Waals surface area (Å²) in [7, 11) is 0. The fraction of sp³-hybridized carbons (Fsp3) is 0.409. The van der Waals surface area contributed by atoms with Gasteiger partial charge in [-0.1, -0.05) is 45.0 Å². The Kier molecular flexibility index (Phi) is 7.22. The van der Waals surface area contributed by atoms with Crippen LogP contribution < -0.4 is 4.74 Å². The van der Waals surface area contributed by atoms with E-state index in [0.29, 0.717) is 18.4 Å². The molecule has 0 saturated carbocycles. The lowest BCUT2D eigenvalue weighted by molar-refractivity contribution is -0.0759. The fourth-order valence-electron chi connectivity index (χ4n) is 2.90. The molecule has 0 aliphatic heterocycles. The zero-order valence-electron chi connectivity index (χ0n) is 15.9. The van der Waals surface area contributed by atoms with Crippen molar-refractivity contribution in [1.82, 2.24) is 0 Å². The molecule has 0 heterocycles. The fourth-order valence-corrected chi connectivity index (χ4v) is 2.90. The maximum atomic E-state index is 10.8. The van der Waals surface area contributed by atoms with Crippen molar-refractivity contribution in [2.75, 3.05) is 0 Å². The number of rotatable bonds is 9. The van der Waals surface area contributed by atoms with Crippen LogP contribution in [-0.2, 0) is 11.3 Å². The van der Waals surface area contributed by atoms with Gasteiger partial charge in [-0.15, -0.1) is 0 Å². The summed E-state index contributed by atoms with van der Waals surface area (Å²) < 4.78 is 11.5. The van der Waals surface area contributed by atoms with E-state index in [4.69, 9.17) is 14.6 Å². The van der Waals surface area contributed by atoms with Crippen molar-refractivity contribution in [1.29, 1.82) is 0 Å². The molecule has 1 N–H and O–H groups in total. The third kappa shape index (κ3) is 6.19. The molecule has 2 rings (SSSR count). The summed E-state index contributed by atoms with van der Waals surface area (Å²) >= 11 is 0. The second-order valence-electron chi connectivity index (χ2n) is 7.10. The van der Waals surface area contributed by atoms with E-state index in [1.54, 1.807) is 24.3 Å². The average molecular weight is 356 g/mol. The number of hydrogen-bond donors (Lipinski definition) is 1. The molecule has 0 bridgehead atoms. The Morgan fingerprint density at radius 3 is 2.12 bits per heavy atom. The van der Waals surface area contributed by atoms with Gasteiger partial charge in [-0.25, -0.2) is 4.79 Å². The maximum Gasteiger partial charge on any atom is 0.335 e. The van der Waals surface area contributed by atoms with E-state index in [9.17, 15) is 4.79 Å². The van der Waals surface area contributed by atoms with Crippen LogP contribution in [0.4, 0.5) is 0 Å². The second kappa shape index (κ2) is 9.39. The van der Waals surface area contributed by atoms with Gasteiger partial charge in [0.25, 0.3) is 0 Å². The van der Waals surface area contributed by atoms with Crippen LogP contribution >= 0.6 is 0 Å². The zero-order chi connectivity index (χ0) is 19.1. The van der Waals surface area contributed by atoms with Gasteiger partial charge in [0.15, 0.2) is 6.29 Å². The first-order chi connectivity index (χ1) is 12.3. The molecular formula is C22H28O4. The summed E-state index contributed by atoms with van der Waals surface area (Å²) in [5, 5.41) is 8.90. The summed E-state index contributed by atoms with van der Waals surface area (Å²) in [5.41, 5.74) is 2.49. The van der Waals surface area contributed by atoms with Crippen LogP contribution in [0.5, 0.6) is 5.75 Å². The Bertz CT molecular complexity index is 689. The van der Waals surface area contributed by atoms with Crippen molar-refractivity contribution in [3.63, 3.8) is 0 Å². The summed E-state index contributed by atoms with van der Waals surface area (Å²) in [6.45, 7) is 8.94. The molecule has 0 aliphatic rings. The minimum atomic E-state index is -0.930. The van der Waals surface area contributed by atoms with Gasteiger partial charge in [0.05, 0.1) is 12.2 Å². The number of hydrogen-bond acceptors (Lipinski definition) is 3. The topological polar surface area (TPSA) is 55.8 Å². The Hall–Kier alpha value is -2.33. The minimum absolute atomic E-state index is 0.268. The standard InChI is InChI=1S/C22H28O4/c1-15(2)13-16(3)19-9-11-21(12-10-19)26-17(4)25-14-18-5-7-20(8-6-18)22(23)24/h5-12,15-17H,13-14H2,1-4H3,(H,23,24). The summed E-state index contributed by atoms with van der Waals surface area (Å²) in [4.78, 5) is 10.8. The Labute approximate surface area is 155 Å². The lowest BCUT2D eigenvalue weighted by atomic mass is 9.92. The normalized spacial score (nSPS) is 13.4. The predicted molar refractivity (Wildman–Crippen MR) is 103 cm³/mol. The van der Waals surface area contributed by atoms with Gasteiger partial charge in [-0.2, -0.15) is 0 Å². The molecule has 140 valence electrons. The van der Waals surface area contributed by atoms with Crippen molar-refractivity contribution in [3.05, 3.63) is 65.2 Å². The van der Waals surface area contributed by atoms with E-state index in [1.165, 1.54) is 12.0 Å². The maximum absolute atomic E-state index is 10.8. The van der Waals surface area contributed by atoms with Gasteiger partial charge in [-0.3, -0.25) is 0 Å². The Morgan fingerprint density at radius 1 is 0.962 bits per heavy atom. The highest BCUT2D eigenvalue weighted by Crippen LogP contribution is 2.25. The Balaban J connectivity index is 1.83. The first-order valence-corrected chi connectivity index (χ1v) is 9.05. The molecule has 4 nitrogen and oxygen atoms in total. The van der Waals surface area contributed by atoms with E-state index in [1.807, 2.05) is 19.1 Å². The number of aromatic carboxylic acids is 1. The van der Waals surface area contributed by atoms with Crippen LogP contribution in [0.3, 0.4) is 0 Å². The number of carboxylic acid groups (broad SMARTS) is 1. The van der Waals surface area contributed by atoms with Gasteiger partial charge in [-0.05, 0) is 60.6 Å². The van der Waals surface area contributed by atoms with E-state index >= 15 is 0 Å². The minimum Gasteiger partial charge on any atom is -0.478 e. The van der Waals surface area contributed by atoms with Gasteiger partial charge in [0.1, 0.15) is 5.75 Å². The SMILES string of the molecule is CC(C)CC(C)c1ccc(OC(C)OCc2ccc(C(=O)O)cc2)cc1. The summed E-state index contributed by atoms with van der Waals surface area (Å²) in [6.07, 6.45) is 0.772. The van der Waals surface area contributed by atoms with Crippen molar-refractivity contribution < 1.29 is 19.4 Å². The molecule has 0 aromatic heterocycles. The van der Waals surface area contributed by atoms with Gasteiger partial charge in [0, 0.05) is 0 Å². The first-order valence-electron chi connectivity index (χ1n) is 9.05. The van der Waals surface area contributed by atoms with Crippen molar-refractivity contribution >= 4 is 5.97 Å². The molecule has 4 heteroatoms. The summed E-state index contributed by atoms with van der Waals surface area (Å²) in [6, 6.07) is 14.8. The Morgan fingerprint density at radius 2 is 1.58 bits per heavy atom. The summed E-state index contributed by atoms with van der Waals surface area (Å²) in [5.74, 6) is 1.06. The zero-order valence-corrected chi connectivity index (χ0v) is 15.9. The third-order valence-corrected chi connectivity index (χ3v) is 4.26. The molecule has 2 aromatic carbocycles. The van der Waals surface area contributed by atoms with E-state index < -0.39 is 12.3 Å². The number of benzene rings is 2.